The van der Waals surface area contributed by atoms with Gasteiger partial charge in [0, 0.05) is 0 Å². The lowest BCUT2D eigenvalue weighted by atomic mass is 9.79. The first-order valence-electron chi connectivity index (χ1n) is 15.2. The van der Waals surface area contributed by atoms with Gasteiger partial charge >= 0.3 is 0 Å². The molecule has 0 aliphatic heterocycles. The van der Waals surface area contributed by atoms with Crippen LogP contribution in [0.1, 0.15) is 35.1 Å². The fraction of sp³-hybridized carbons (Fsp3) is 0.0952. The average Bonchev–Trinajstić information content (AvgIpc) is 3.07. The van der Waals surface area contributed by atoms with E-state index in [1.54, 1.807) is 0 Å². The van der Waals surface area contributed by atoms with Crippen LogP contribution in [0, 0.1) is 0 Å². The molecule has 0 N–H and O–H groups in total. The third-order valence-electron chi connectivity index (χ3n) is 9.55. The van der Waals surface area contributed by atoms with Gasteiger partial charge in [-0.3, -0.25) is 0 Å². The molecule has 198 valence electrons. The Hall–Kier alpha value is -4.94. The maximum Gasteiger partial charge on any atom is -0.00637 e. The number of fused-ring (bicyclic) bond motifs is 10. The summed E-state index contributed by atoms with van der Waals surface area (Å²) in [7, 11) is 0. The van der Waals surface area contributed by atoms with Crippen LogP contribution >= 0.6 is 0 Å². The number of allylic oxidation sites excluding steroid dienone is 2. The number of benzene rings is 7. The second-order valence-corrected chi connectivity index (χ2v) is 11.9. The van der Waals surface area contributed by atoms with Gasteiger partial charge in [-0.25, -0.2) is 0 Å². The van der Waals surface area contributed by atoms with Gasteiger partial charge in [-0.15, -0.1) is 0 Å². The molecule has 0 heterocycles. The molecule has 0 bridgehead atoms. The predicted molar refractivity (Wildman–Crippen MR) is 182 cm³/mol. The molecule has 0 saturated carbocycles. The van der Waals surface area contributed by atoms with Crippen molar-refractivity contribution in [1.29, 1.82) is 0 Å². The second-order valence-electron chi connectivity index (χ2n) is 11.9. The molecule has 0 spiro atoms. The fourth-order valence-corrected chi connectivity index (χ4v) is 7.61. The van der Waals surface area contributed by atoms with E-state index in [1.165, 1.54) is 87.6 Å². The first kappa shape index (κ1) is 23.7. The molecule has 42 heavy (non-hydrogen) atoms. The molecule has 7 aromatic carbocycles. The summed E-state index contributed by atoms with van der Waals surface area (Å²) in [5, 5.41) is 10.8. The van der Waals surface area contributed by atoms with Crippen molar-refractivity contribution in [2.75, 3.05) is 0 Å². The van der Waals surface area contributed by atoms with Crippen molar-refractivity contribution in [2.24, 2.45) is 0 Å². The van der Waals surface area contributed by atoms with Crippen LogP contribution in [0.2, 0.25) is 0 Å². The highest BCUT2D eigenvalue weighted by Gasteiger charge is 2.22. The zero-order chi connectivity index (χ0) is 27.6. The molecule has 2 aliphatic carbocycles. The van der Waals surface area contributed by atoms with E-state index in [1.807, 2.05) is 0 Å². The predicted octanol–water partition coefficient (Wildman–Crippen LogP) is 11.6. The Morgan fingerprint density at radius 1 is 0.405 bits per heavy atom. The van der Waals surface area contributed by atoms with Gasteiger partial charge in [-0.1, -0.05) is 115 Å². The van der Waals surface area contributed by atoms with Gasteiger partial charge in [0.05, 0.1) is 0 Å². The third kappa shape index (κ3) is 3.55. The van der Waals surface area contributed by atoms with Gasteiger partial charge in [0.25, 0.3) is 0 Å². The fourth-order valence-electron chi connectivity index (χ4n) is 7.61. The average molecular weight is 535 g/mol. The quantitative estimate of drug-likeness (QED) is 0.194. The Kier molecular flexibility index (Phi) is 5.25. The summed E-state index contributed by atoms with van der Waals surface area (Å²) >= 11 is 0. The molecule has 7 aromatic rings. The molecule has 0 heteroatoms. The smallest absolute Gasteiger partial charge is 0.00637 e. The molecule has 0 radical (unpaired) electrons. The largest absolute Gasteiger partial charge is 0.0836 e. The molecular formula is C42H30. The summed E-state index contributed by atoms with van der Waals surface area (Å²) in [5.41, 5.74) is 11.1. The lowest BCUT2D eigenvalue weighted by Crippen LogP contribution is -2.04. The van der Waals surface area contributed by atoms with Crippen molar-refractivity contribution >= 4 is 55.2 Å². The highest BCUT2D eigenvalue weighted by atomic mass is 14.3. The van der Waals surface area contributed by atoms with Gasteiger partial charge in [0.1, 0.15) is 0 Å². The summed E-state index contributed by atoms with van der Waals surface area (Å²) in [6.45, 7) is 0. The SMILES string of the molecule is C1=Cc2c(c3ccccc3c3cc(-c4ccc5cc(-c6cccc7ccccc67)ccc5c4)c4c(c23)CCC=C4)CC1. The minimum absolute atomic E-state index is 1.09. The molecule has 2 aliphatic rings. The monoisotopic (exact) mass is 534 g/mol. The van der Waals surface area contributed by atoms with E-state index >= 15 is 0 Å². The second kappa shape index (κ2) is 9.29. The van der Waals surface area contributed by atoms with Crippen molar-refractivity contribution in [3.63, 3.8) is 0 Å². The van der Waals surface area contributed by atoms with Gasteiger partial charge in [-0.05, 0) is 131 Å². The number of aryl methyl sites for hydroxylation is 2. The highest BCUT2D eigenvalue weighted by Crippen LogP contribution is 2.44. The third-order valence-corrected chi connectivity index (χ3v) is 9.55. The lowest BCUT2D eigenvalue weighted by molar-refractivity contribution is 0.986. The van der Waals surface area contributed by atoms with Crippen LogP contribution in [0.25, 0.3) is 77.5 Å². The summed E-state index contributed by atoms with van der Waals surface area (Å²) in [6, 6.07) is 40.8. The summed E-state index contributed by atoms with van der Waals surface area (Å²) in [5.74, 6) is 0. The van der Waals surface area contributed by atoms with Crippen LogP contribution in [-0.2, 0) is 12.8 Å². The van der Waals surface area contributed by atoms with Gasteiger partial charge < -0.3 is 0 Å². The molecule has 0 saturated heterocycles. The van der Waals surface area contributed by atoms with Gasteiger partial charge in [0.15, 0.2) is 0 Å². The van der Waals surface area contributed by atoms with Crippen LogP contribution in [-0.4, -0.2) is 0 Å². The van der Waals surface area contributed by atoms with Gasteiger partial charge in [-0.2, -0.15) is 0 Å². The Morgan fingerprint density at radius 2 is 1.05 bits per heavy atom. The van der Waals surface area contributed by atoms with E-state index in [0.29, 0.717) is 0 Å². The van der Waals surface area contributed by atoms with E-state index < -0.39 is 0 Å². The van der Waals surface area contributed by atoms with E-state index in [4.69, 9.17) is 0 Å². The van der Waals surface area contributed by atoms with Crippen molar-refractivity contribution in [2.45, 2.75) is 25.7 Å². The normalized spacial score (nSPS) is 14.1. The zero-order valence-corrected chi connectivity index (χ0v) is 23.5. The van der Waals surface area contributed by atoms with Crippen molar-refractivity contribution in [1.82, 2.24) is 0 Å². The zero-order valence-electron chi connectivity index (χ0n) is 23.5. The van der Waals surface area contributed by atoms with Crippen molar-refractivity contribution in [3.05, 3.63) is 144 Å². The number of hydrogen-bond acceptors (Lipinski definition) is 0. The van der Waals surface area contributed by atoms with E-state index in [0.717, 1.165) is 25.7 Å². The maximum absolute atomic E-state index is 2.49. The van der Waals surface area contributed by atoms with Crippen molar-refractivity contribution in [3.8, 4) is 22.3 Å². The number of hydrogen-bond donors (Lipinski definition) is 0. The Morgan fingerprint density at radius 3 is 1.86 bits per heavy atom. The summed E-state index contributed by atoms with van der Waals surface area (Å²) in [4.78, 5) is 0. The Bertz CT molecular complexity index is 2290. The van der Waals surface area contributed by atoms with Gasteiger partial charge in [0.2, 0.25) is 0 Å². The van der Waals surface area contributed by atoms with Crippen molar-refractivity contribution < 1.29 is 0 Å². The first-order chi connectivity index (χ1) is 20.8. The molecule has 9 rings (SSSR count). The minimum atomic E-state index is 1.09. The molecule has 0 unspecified atom stereocenters. The Labute approximate surface area is 246 Å². The van der Waals surface area contributed by atoms with Crippen LogP contribution in [0.4, 0.5) is 0 Å². The maximum atomic E-state index is 2.49. The first-order valence-corrected chi connectivity index (χ1v) is 15.2. The van der Waals surface area contributed by atoms with Crippen LogP contribution in [0.5, 0.6) is 0 Å². The van der Waals surface area contributed by atoms with E-state index in [2.05, 4.69) is 133 Å². The van der Waals surface area contributed by atoms with Crippen LogP contribution < -0.4 is 0 Å². The molecule has 0 nitrogen and oxygen atoms in total. The minimum Gasteiger partial charge on any atom is -0.0836 e. The Balaban J connectivity index is 1.26. The molecular weight excluding hydrogens is 504 g/mol. The van der Waals surface area contributed by atoms with E-state index in [-0.39, 0.29) is 0 Å². The summed E-state index contributed by atoms with van der Waals surface area (Å²) in [6.07, 6.45) is 14.0. The molecule has 0 atom stereocenters. The lowest BCUT2D eigenvalue weighted by Gasteiger charge is -2.24. The van der Waals surface area contributed by atoms with Crippen LogP contribution in [0.15, 0.2) is 121 Å². The van der Waals surface area contributed by atoms with E-state index in [9.17, 15) is 0 Å². The topological polar surface area (TPSA) is 0 Å². The summed E-state index contributed by atoms with van der Waals surface area (Å²) < 4.78 is 0. The molecule has 0 amide bonds. The molecule has 0 fully saturated rings. The standard InChI is InChI=1S/C42H30/c1-2-12-32-27(10-1)11-9-19-33(32)30-22-20-29-25-31(23-21-28(29)24-30)40-26-41-36-15-4-3-13-34(36)35-14-5-7-17-38(35)42(41)39-18-8-6-16-37(39)40/h1-4,6-7,9-13,15-17,19-26H,5,8,14,18H2. The van der Waals surface area contributed by atoms with Crippen LogP contribution in [0.3, 0.4) is 0 Å². The molecule has 0 aromatic heterocycles. The highest BCUT2D eigenvalue weighted by molar-refractivity contribution is 6.16. The number of rotatable bonds is 2.